The number of nitrogens with one attached hydrogen (secondary N) is 1. The quantitative estimate of drug-likeness (QED) is 0.752. The summed E-state index contributed by atoms with van der Waals surface area (Å²) in [4.78, 5) is 23.8. The highest BCUT2D eigenvalue weighted by atomic mass is 16.4. The van der Waals surface area contributed by atoms with Crippen molar-refractivity contribution in [1.82, 2.24) is 15.0 Å². The molecule has 2 aromatic heterocycles. The Morgan fingerprint density at radius 3 is 2.77 bits per heavy atom. The monoisotopic (exact) mass is 294 g/mol. The zero-order chi connectivity index (χ0) is 15.4. The van der Waals surface area contributed by atoms with Gasteiger partial charge < -0.3 is 10.4 Å². The van der Waals surface area contributed by atoms with E-state index >= 15 is 0 Å². The van der Waals surface area contributed by atoms with Gasteiger partial charge >= 0.3 is 5.97 Å². The first-order valence-electron chi connectivity index (χ1n) is 6.87. The zero-order valence-electron chi connectivity index (χ0n) is 11.7. The number of carboxylic acids is 1. The van der Waals surface area contributed by atoms with Crippen molar-refractivity contribution in [3.05, 3.63) is 48.8 Å². The molecule has 0 atom stereocenters. The fourth-order valence-electron chi connectivity index (χ4n) is 2.12. The lowest BCUT2D eigenvalue weighted by molar-refractivity contribution is -0.136. The Kier molecular flexibility index (Phi) is 3.91. The van der Waals surface area contributed by atoms with Crippen molar-refractivity contribution >= 4 is 22.7 Å². The van der Waals surface area contributed by atoms with Crippen LogP contribution in [-0.2, 0) is 4.79 Å². The molecule has 0 unspecified atom stereocenters. The summed E-state index contributed by atoms with van der Waals surface area (Å²) in [5, 5.41) is 12.7. The first kappa shape index (κ1) is 13.9. The summed E-state index contributed by atoms with van der Waals surface area (Å²) in [5.41, 5.74) is 1.61. The highest BCUT2D eigenvalue weighted by Crippen LogP contribution is 2.24. The van der Waals surface area contributed by atoms with Crippen LogP contribution in [0.2, 0.25) is 0 Å². The zero-order valence-corrected chi connectivity index (χ0v) is 11.7. The number of anilines is 1. The van der Waals surface area contributed by atoms with E-state index in [1.54, 1.807) is 12.4 Å². The maximum absolute atomic E-state index is 10.7. The van der Waals surface area contributed by atoms with Crippen molar-refractivity contribution in [2.45, 2.75) is 6.42 Å². The van der Waals surface area contributed by atoms with Crippen LogP contribution in [0.1, 0.15) is 6.42 Å². The lowest BCUT2D eigenvalue weighted by atomic mass is 10.2. The van der Waals surface area contributed by atoms with E-state index in [0.717, 1.165) is 16.5 Å². The average Bonchev–Trinajstić information content (AvgIpc) is 2.55. The van der Waals surface area contributed by atoms with Crippen molar-refractivity contribution in [2.75, 3.05) is 11.9 Å². The molecule has 0 bridgehead atoms. The second-order valence-corrected chi connectivity index (χ2v) is 4.73. The fraction of sp³-hybridized carbons (Fsp3) is 0.125. The molecule has 6 heteroatoms. The van der Waals surface area contributed by atoms with Gasteiger partial charge in [0.2, 0.25) is 0 Å². The van der Waals surface area contributed by atoms with E-state index in [1.165, 1.54) is 0 Å². The maximum atomic E-state index is 10.7. The topological polar surface area (TPSA) is 88.0 Å². The molecule has 2 heterocycles. The molecular formula is C16H14N4O2. The predicted molar refractivity (Wildman–Crippen MR) is 83.5 cm³/mol. The number of aromatic nitrogens is 3. The standard InChI is InChI=1S/C16H14N4O2/c21-14(22)7-9-18-16-12-5-1-2-6-13(12)19-15(20-16)11-4-3-8-17-10-11/h1-6,8,10H,7,9H2,(H,21,22)(H,18,19,20). The molecule has 0 aliphatic carbocycles. The van der Waals surface area contributed by atoms with Crippen LogP contribution in [0.3, 0.4) is 0 Å². The van der Waals surface area contributed by atoms with Gasteiger partial charge in [-0.05, 0) is 24.3 Å². The lowest BCUT2D eigenvalue weighted by Crippen LogP contribution is -2.09. The van der Waals surface area contributed by atoms with Crippen molar-refractivity contribution in [1.29, 1.82) is 0 Å². The molecular weight excluding hydrogens is 280 g/mol. The normalized spacial score (nSPS) is 10.5. The molecule has 22 heavy (non-hydrogen) atoms. The third-order valence-corrected chi connectivity index (χ3v) is 3.15. The van der Waals surface area contributed by atoms with Gasteiger partial charge in [-0.3, -0.25) is 9.78 Å². The number of carbonyl (C=O) groups is 1. The minimum atomic E-state index is -0.849. The maximum Gasteiger partial charge on any atom is 0.305 e. The summed E-state index contributed by atoms with van der Waals surface area (Å²) in [5.74, 6) is 0.341. The van der Waals surface area contributed by atoms with Gasteiger partial charge in [0.1, 0.15) is 5.82 Å². The van der Waals surface area contributed by atoms with Gasteiger partial charge in [-0.25, -0.2) is 9.97 Å². The van der Waals surface area contributed by atoms with Crippen LogP contribution in [0.15, 0.2) is 48.8 Å². The molecule has 0 spiro atoms. The Morgan fingerprint density at radius 1 is 1.14 bits per heavy atom. The van der Waals surface area contributed by atoms with Crippen LogP contribution >= 0.6 is 0 Å². The van der Waals surface area contributed by atoms with E-state index in [2.05, 4.69) is 20.3 Å². The highest BCUT2D eigenvalue weighted by Gasteiger charge is 2.09. The predicted octanol–water partition coefficient (Wildman–Crippen LogP) is 2.58. The van der Waals surface area contributed by atoms with Crippen LogP contribution in [0.5, 0.6) is 0 Å². The number of hydrogen-bond donors (Lipinski definition) is 2. The molecule has 3 aromatic rings. The molecule has 0 aliphatic rings. The fourth-order valence-corrected chi connectivity index (χ4v) is 2.12. The Morgan fingerprint density at radius 2 is 2.00 bits per heavy atom. The first-order valence-corrected chi connectivity index (χ1v) is 6.87. The number of para-hydroxylation sites is 1. The number of fused-ring (bicyclic) bond motifs is 1. The highest BCUT2D eigenvalue weighted by molar-refractivity contribution is 5.90. The number of rotatable bonds is 5. The molecule has 110 valence electrons. The van der Waals surface area contributed by atoms with Crippen molar-refractivity contribution in [3.8, 4) is 11.4 Å². The SMILES string of the molecule is O=C(O)CCNc1nc(-c2cccnc2)nc2ccccc12. The molecule has 0 aliphatic heterocycles. The van der Waals surface area contributed by atoms with E-state index < -0.39 is 5.97 Å². The largest absolute Gasteiger partial charge is 0.481 e. The Hall–Kier alpha value is -3.02. The minimum absolute atomic E-state index is 0.0283. The van der Waals surface area contributed by atoms with E-state index in [0.29, 0.717) is 18.2 Å². The molecule has 0 saturated heterocycles. The molecule has 6 nitrogen and oxygen atoms in total. The second-order valence-electron chi connectivity index (χ2n) is 4.73. The molecule has 0 saturated carbocycles. The van der Waals surface area contributed by atoms with E-state index in [1.807, 2.05) is 36.4 Å². The molecule has 1 aromatic carbocycles. The van der Waals surface area contributed by atoms with Gasteiger partial charge in [-0.1, -0.05) is 12.1 Å². The van der Waals surface area contributed by atoms with Gasteiger partial charge in [0.15, 0.2) is 5.82 Å². The summed E-state index contributed by atoms with van der Waals surface area (Å²) < 4.78 is 0. The molecule has 0 radical (unpaired) electrons. The van der Waals surface area contributed by atoms with E-state index in [-0.39, 0.29) is 6.42 Å². The third-order valence-electron chi connectivity index (χ3n) is 3.15. The first-order chi connectivity index (χ1) is 10.7. The van der Waals surface area contributed by atoms with Gasteiger partial charge in [-0.15, -0.1) is 0 Å². The molecule has 2 N–H and O–H groups in total. The summed E-state index contributed by atoms with van der Waals surface area (Å²) in [6, 6.07) is 11.3. The molecule has 0 amide bonds. The summed E-state index contributed by atoms with van der Waals surface area (Å²) >= 11 is 0. The Balaban J connectivity index is 2.02. The van der Waals surface area contributed by atoms with E-state index in [4.69, 9.17) is 5.11 Å². The van der Waals surface area contributed by atoms with Crippen LogP contribution in [0, 0.1) is 0 Å². The van der Waals surface area contributed by atoms with Crippen molar-refractivity contribution in [3.63, 3.8) is 0 Å². The number of aliphatic carboxylic acids is 1. The van der Waals surface area contributed by atoms with E-state index in [9.17, 15) is 4.79 Å². The number of benzene rings is 1. The van der Waals surface area contributed by atoms with Gasteiger partial charge in [0.05, 0.1) is 11.9 Å². The van der Waals surface area contributed by atoms with Gasteiger partial charge in [-0.2, -0.15) is 0 Å². The summed E-state index contributed by atoms with van der Waals surface area (Å²) in [6.45, 7) is 0.308. The number of nitrogens with zero attached hydrogens (tertiary/aromatic N) is 3. The van der Waals surface area contributed by atoms with Crippen molar-refractivity contribution < 1.29 is 9.90 Å². The third kappa shape index (κ3) is 3.01. The average molecular weight is 294 g/mol. The molecule has 0 fully saturated rings. The Bertz CT molecular complexity index is 806. The number of pyridine rings is 1. The molecule has 3 rings (SSSR count). The Labute approximate surface area is 126 Å². The second kappa shape index (κ2) is 6.17. The summed E-state index contributed by atoms with van der Waals surface area (Å²) in [6.07, 6.45) is 3.42. The van der Waals surface area contributed by atoms with Crippen LogP contribution in [0.25, 0.3) is 22.3 Å². The van der Waals surface area contributed by atoms with Gasteiger partial charge in [0, 0.05) is 29.9 Å². The number of carboxylic acid groups (broad SMARTS) is 1. The summed E-state index contributed by atoms with van der Waals surface area (Å²) in [7, 11) is 0. The lowest BCUT2D eigenvalue weighted by Gasteiger charge is -2.10. The number of hydrogen-bond acceptors (Lipinski definition) is 5. The van der Waals surface area contributed by atoms with Crippen molar-refractivity contribution in [2.24, 2.45) is 0 Å². The van der Waals surface area contributed by atoms with Crippen LogP contribution < -0.4 is 5.32 Å². The van der Waals surface area contributed by atoms with Crippen LogP contribution in [0.4, 0.5) is 5.82 Å². The van der Waals surface area contributed by atoms with Crippen LogP contribution in [-0.4, -0.2) is 32.6 Å². The smallest absolute Gasteiger partial charge is 0.305 e. The minimum Gasteiger partial charge on any atom is -0.481 e. The van der Waals surface area contributed by atoms with Gasteiger partial charge in [0.25, 0.3) is 0 Å².